The number of hydrogen-bond donors (Lipinski definition) is 2. The summed E-state index contributed by atoms with van der Waals surface area (Å²) in [6.07, 6.45) is 6.47. The van der Waals surface area contributed by atoms with Gasteiger partial charge in [-0.2, -0.15) is 0 Å². The second kappa shape index (κ2) is 8.73. The highest BCUT2D eigenvalue weighted by atomic mass is 16.5. The Kier molecular flexibility index (Phi) is 6.66. The molecule has 1 aliphatic carbocycles. The summed E-state index contributed by atoms with van der Waals surface area (Å²) in [5, 5.41) is 13.1. The van der Waals surface area contributed by atoms with Crippen LogP contribution in [0.25, 0.3) is 0 Å². The van der Waals surface area contributed by atoms with Gasteiger partial charge < -0.3 is 15.2 Å². The van der Waals surface area contributed by atoms with Crippen molar-refractivity contribution >= 4 is 5.91 Å². The molecule has 2 rings (SSSR count). The van der Waals surface area contributed by atoms with Crippen LogP contribution in [0.15, 0.2) is 35.9 Å². The summed E-state index contributed by atoms with van der Waals surface area (Å²) in [6.45, 7) is 4.14. The molecule has 4 heteroatoms. The molecule has 23 heavy (non-hydrogen) atoms. The molecule has 0 radical (unpaired) electrons. The normalized spacial score (nSPS) is 15.9. The van der Waals surface area contributed by atoms with Crippen LogP contribution in [-0.4, -0.2) is 23.7 Å². The van der Waals surface area contributed by atoms with Crippen LogP contribution in [0.2, 0.25) is 0 Å². The van der Waals surface area contributed by atoms with Crippen molar-refractivity contribution in [3.05, 3.63) is 41.5 Å². The van der Waals surface area contributed by atoms with Crippen LogP contribution < -0.4 is 10.1 Å². The van der Waals surface area contributed by atoms with Crippen LogP contribution in [0.1, 0.15) is 57.6 Å². The molecule has 0 bridgehead atoms. The van der Waals surface area contributed by atoms with Crippen LogP contribution >= 0.6 is 0 Å². The largest absolute Gasteiger partial charge is 0.491 e. The van der Waals surface area contributed by atoms with E-state index in [2.05, 4.69) is 11.4 Å². The van der Waals surface area contributed by atoms with E-state index in [1.807, 2.05) is 38.1 Å². The lowest BCUT2D eigenvalue weighted by molar-refractivity contribution is -0.120. The van der Waals surface area contributed by atoms with E-state index in [0.29, 0.717) is 6.42 Å². The first-order chi connectivity index (χ1) is 11.0. The number of carbonyl (C=O) groups is 1. The van der Waals surface area contributed by atoms with Crippen molar-refractivity contribution < 1.29 is 14.6 Å². The van der Waals surface area contributed by atoms with Gasteiger partial charge in [-0.15, -0.1) is 0 Å². The Labute approximate surface area is 138 Å². The van der Waals surface area contributed by atoms with E-state index in [4.69, 9.17) is 4.74 Å². The molecule has 0 saturated carbocycles. The van der Waals surface area contributed by atoms with Crippen molar-refractivity contribution in [3.63, 3.8) is 0 Å². The lowest BCUT2D eigenvalue weighted by Gasteiger charge is -2.16. The van der Waals surface area contributed by atoms with Crippen LogP contribution in [0.3, 0.4) is 0 Å². The SMILES string of the molecule is CC(C)Oc1cccc(C(O)CNC(=O)CC2=CCCCC2)c1. The standard InChI is InChI=1S/C19H27NO3/c1-14(2)23-17-10-6-9-16(12-17)18(21)13-20-19(22)11-15-7-4-3-5-8-15/h6-7,9-10,12,14,18,21H,3-5,8,11,13H2,1-2H3,(H,20,22). The average Bonchev–Trinajstić information content (AvgIpc) is 2.53. The summed E-state index contributed by atoms with van der Waals surface area (Å²) in [6, 6.07) is 7.38. The summed E-state index contributed by atoms with van der Waals surface area (Å²) < 4.78 is 5.63. The number of aliphatic hydroxyl groups excluding tert-OH is 1. The first kappa shape index (κ1) is 17.5. The number of aliphatic hydroxyl groups is 1. The molecular weight excluding hydrogens is 290 g/mol. The topological polar surface area (TPSA) is 58.6 Å². The van der Waals surface area contributed by atoms with Crippen molar-refractivity contribution in [2.45, 2.75) is 58.2 Å². The first-order valence-electron chi connectivity index (χ1n) is 8.44. The molecule has 0 heterocycles. The lowest BCUT2D eigenvalue weighted by atomic mass is 9.97. The van der Waals surface area contributed by atoms with Crippen molar-refractivity contribution in [1.82, 2.24) is 5.32 Å². The lowest BCUT2D eigenvalue weighted by Crippen LogP contribution is -2.28. The van der Waals surface area contributed by atoms with Gasteiger partial charge >= 0.3 is 0 Å². The second-order valence-corrected chi connectivity index (χ2v) is 6.34. The quantitative estimate of drug-likeness (QED) is 0.757. The Hall–Kier alpha value is -1.81. The Morgan fingerprint density at radius 2 is 2.17 bits per heavy atom. The van der Waals surface area contributed by atoms with Gasteiger partial charge in [0.1, 0.15) is 5.75 Å². The molecule has 2 N–H and O–H groups in total. The Bertz CT molecular complexity index is 551. The van der Waals surface area contributed by atoms with Crippen LogP contribution in [0.5, 0.6) is 5.75 Å². The van der Waals surface area contributed by atoms with Crippen LogP contribution in [0, 0.1) is 0 Å². The molecule has 0 aliphatic heterocycles. The highest BCUT2D eigenvalue weighted by molar-refractivity contribution is 5.78. The maximum absolute atomic E-state index is 12.0. The highest BCUT2D eigenvalue weighted by Crippen LogP contribution is 2.21. The molecule has 1 aliphatic rings. The van der Waals surface area contributed by atoms with Gasteiger partial charge in [0, 0.05) is 13.0 Å². The van der Waals surface area contributed by atoms with E-state index in [1.165, 1.54) is 18.4 Å². The molecular formula is C19H27NO3. The third-order valence-corrected chi connectivity index (χ3v) is 3.88. The van der Waals surface area contributed by atoms with E-state index >= 15 is 0 Å². The van der Waals surface area contributed by atoms with Gasteiger partial charge in [0.15, 0.2) is 0 Å². The number of amides is 1. The van der Waals surface area contributed by atoms with Crippen LogP contribution in [0.4, 0.5) is 0 Å². The number of ether oxygens (including phenoxy) is 1. The van der Waals surface area contributed by atoms with Crippen molar-refractivity contribution in [2.75, 3.05) is 6.54 Å². The summed E-state index contributed by atoms with van der Waals surface area (Å²) in [5.74, 6) is 0.710. The van der Waals surface area contributed by atoms with E-state index in [9.17, 15) is 9.90 Å². The fourth-order valence-corrected chi connectivity index (χ4v) is 2.73. The minimum Gasteiger partial charge on any atom is -0.491 e. The molecule has 0 fully saturated rings. The van der Waals surface area contributed by atoms with Gasteiger partial charge in [0.25, 0.3) is 0 Å². The first-order valence-corrected chi connectivity index (χ1v) is 8.44. The second-order valence-electron chi connectivity index (χ2n) is 6.34. The molecule has 1 aromatic carbocycles. The Balaban J connectivity index is 1.83. The molecule has 1 unspecified atom stereocenters. The van der Waals surface area contributed by atoms with Crippen molar-refractivity contribution in [3.8, 4) is 5.75 Å². The summed E-state index contributed by atoms with van der Waals surface area (Å²) in [4.78, 5) is 12.0. The molecule has 1 amide bonds. The van der Waals surface area contributed by atoms with Crippen molar-refractivity contribution in [2.24, 2.45) is 0 Å². The van der Waals surface area contributed by atoms with Gasteiger partial charge in [-0.1, -0.05) is 23.8 Å². The smallest absolute Gasteiger partial charge is 0.224 e. The number of allylic oxidation sites excluding steroid dienone is 1. The van der Waals surface area contributed by atoms with Gasteiger partial charge in [-0.05, 0) is 57.2 Å². The third kappa shape index (κ3) is 6.06. The molecule has 0 spiro atoms. The van der Waals surface area contributed by atoms with Gasteiger partial charge in [-0.3, -0.25) is 4.79 Å². The minimum atomic E-state index is -0.727. The predicted molar refractivity (Wildman–Crippen MR) is 91.3 cm³/mol. The number of carbonyl (C=O) groups excluding carboxylic acids is 1. The number of hydrogen-bond acceptors (Lipinski definition) is 3. The molecule has 126 valence electrons. The Morgan fingerprint density at radius 3 is 2.87 bits per heavy atom. The van der Waals surface area contributed by atoms with E-state index in [-0.39, 0.29) is 18.6 Å². The molecule has 0 aromatic heterocycles. The third-order valence-electron chi connectivity index (χ3n) is 3.88. The van der Waals surface area contributed by atoms with E-state index in [0.717, 1.165) is 24.2 Å². The average molecular weight is 317 g/mol. The Morgan fingerprint density at radius 1 is 1.35 bits per heavy atom. The fraction of sp³-hybridized carbons (Fsp3) is 0.526. The maximum atomic E-state index is 12.0. The minimum absolute atomic E-state index is 0.0215. The maximum Gasteiger partial charge on any atom is 0.224 e. The summed E-state index contributed by atoms with van der Waals surface area (Å²) in [7, 11) is 0. The predicted octanol–water partition coefficient (Wildman–Crippen LogP) is 3.51. The zero-order chi connectivity index (χ0) is 16.7. The van der Waals surface area contributed by atoms with Crippen molar-refractivity contribution in [1.29, 1.82) is 0 Å². The van der Waals surface area contributed by atoms with Gasteiger partial charge in [0.2, 0.25) is 5.91 Å². The molecule has 0 saturated heterocycles. The van der Waals surface area contributed by atoms with E-state index in [1.54, 1.807) is 0 Å². The van der Waals surface area contributed by atoms with Crippen LogP contribution in [-0.2, 0) is 4.79 Å². The molecule has 4 nitrogen and oxygen atoms in total. The monoisotopic (exact) mass is 317 g/mol. The zero-order valence-electron chi connectivity index (χ0n) is 14.0. The molecule has 1 aromatic rings. The zero-order valence-corrected chi connectivity index (χ0v) is 14.0. The van der Waals surface area contributed by atoms with Gasteiger partial charge in [0.05, 0.1) is 12.2 Å². The number of rotatable bonds is 7. The summed E-state index contributed by atoms with van der Waals surface area (Å²) in [5.41, 5.74) is 1.97. The summed E-state index contributed by atoms with van der Waals surface area (Å²) >= 11 is 0. The fourth-order valence-electron chi connectivity index (χ4n) is 2.73. The number of benzene rings is 1. The molecule has 1 atom stereocenters. The van der Waals surface area contributed by atoms with E-state index < -0.39 is 6.10 Å². The highest BCUT2D eigenvalue weighted by Gasteiger charge is 2.13. The van der Waals surface area contributed by atoms with Gasteiger partial charge in [-0.25, -0.2) is 0 Å². The number of nitrogens with one attached hydrogen (secondary N) is 1.